The topological polar surface area (TPSA) is 112 Å². The van der Waals surface area contributed by atoms with Crippen LogP contribution in [0.3, 0.4) is 0 Å². The van der Waals surface area contributed by atoms with E-state index in [2.05, 4.69) is 21.2 Å². The Labute approximate surface area is 138 Å². The number of nitro groups is 1. The first-order valence-corrected chi connectivity index (χ1v) is 7.13. The first-order chi connectivity index (χ1) is 10.9. The van der Waals surface area contributed by atoms with Gasteiger partial charge in [0.1, 0.15) is 0 Å². The quantitative estimate of drug-likeness (QED) is 0.483. The first kappa shape index (κ1) is 16.7. The van der Waals surface area contributed by atoms with Crippen molar-refractivity contribution >= 4 is 39.2 Å². The van der Waals surface area contributed by atoms with Gasteiger partial charge < -0.3 is 14.5 Å². The van der Waals surface area contributed by atoms with Crippen LogP contribution in [0.5, 0.6) is 0 Å². The highest BCUT2D eigenvalue weighted by Gasteiger charge is 2.15. The summed E-state index contributed by atoms with van der Waals surface area (Å²) in [5.41, 5.74) is 0.849. The van der Waals surface area contributed by atoms with Gasteiger partial charge >= 0.3 is 5.97 Å². The normalized spacial score (nSPS) is 10.2. The van der Waals surface area contributed by atoms with Crippen molar-refractivity contribution < 1.29 is 23.7 Å². The Morgan fingerprint density at radius 2 is 2.09 bits per heavy atom. The van der Waals surface area contributed by atoms with E-state index in [1.54, 1.807) is 6.92 Å². The summed E-state index contributed by atoms with van der Waals surface area (Å²) in [6, 6.07) is 6.95. The van der Waals surface area contributed by atoms with Crippen LogP contribution < -0.4 is 5.32 Å². The third kappa shape index (κ3) is 4.39. The Bertz CT molecular complexity index is 770. The summed E-state index contributed by atoms with van der Waals surface area (Å²) in [7, 11) is 0. The lowest BCUT2D eigenvalue weighted by Crippen LogP contribution is -2.21. The fraction of sp³-hybridized carbons (Fsp3) is 0.143. The maximum absolute atomic E-state index is 11.8. The average Bonchev–Trinajstić information content (AvgIpc) is 2.93. The summed E-state index contributed by atoms with van der Waals surface area (Å²) >= 11 is 3.05. The van der Waals surface area contributed by atoms with Crippen LogP contribution in [0, 0.1) is 17.0 Å². The monoisotopic (exact) mass is 382 g/mol. The smallest absolute Gasteiger partial charge is 0.374 e. The van der Waals surface area contributed by atoms with E-state index in [9.17, 15) is 19.7 Å². The SMILES string of the molecule is Cc1cc([N+](=O)[O-])ccc1NC(=O)COC(=O)c1ccc(Br)o1. The van der Waals surface area contributed by atoms with Gasteiger partial charge in [0, 0.05) is 17.8 Å². The van der Waals surface area contributed by atoms with Crippen molar-refractivity contribution in [2.24, 2.45) is 0 Å². The number of rotatable bonds is 5. The predicted molar refractivity (Wildman–Crippen MR) is 83.2 cm³/mol. The molecule has 8 nitrogen and oxygen atoms in total. The molecule has 0 aliphatic carbocycles. The van der Waals surface area contributed by atoms with E-state index in [0.29, 0.717) is 15.9 Å². The van der Waals surface area contributed by atoms with E-state index < -0.39 is 23.4 Å². The van der Waals surface area contributed by atoms with E-state index in [4.69, 9.17) is 9.15 Å². The van der Waals surface area contributed by atoms with Crippen LogP contribution in [0.2, 0.25) is 0 Å². The molecule has 0 saturated carbocycles. The minimum Gasteiger partial charge on any atom is -0.450 e. The number of nitro benzene ring substituents is 1. The lowest BCUT2D eigenvalue weighted by atomic mass is 10.2. The number of hydrogen-bond acceptors (Lipinski definition) is 6. The van der Waals surface area contributed by atoms with Gasteiger partial charge in [0.2, 0.25) is 5.76 Å². The molecule has 0 fully saturated rings. The summed E-state index contributed by atoms with van der Waals surface area (Å²) in [5, 5.41) is 13.2. The number of amides is 1. The molecule has 0 atom stereocenters. The van der Waals surface area contributed by atoms with Crippen molar-refractivity contribution in [3.8, 4) is 0 Å². The van der Waals surface area contributed by atoms with Crippen molar-refractivity contribution in [2.45, 2.75) is 6.92 Å². The fourth-order valence-electron chi connectivity index (χ4n) is 1.71. The molecule has 120 valence electrons. The minimum atomic E-state index is -0.772. The number of esters is 1. The second kappa shape index (κ2) is 7.05. The van der Waals surface area contributed by atoms with Crippen LogP contribution >= 0.6 is 15.9 Å². The van der Waals surface area contributed by atoms with Crippen molar-refractivity contribution in [3.63, 3.8) is 0 Å². The van der Waals surface area contributed by atoms with Crippen molar-refractivity contribution in [1.82, 2.24) is 0 Å². The number of non-ortho nitro benzene ring substituents is 1. The number of nitrogens with zero attached hydrogens (tertiary/aromatic N) is 1. The van der Waals surface area contributed by atoms with Gasteiger partial charge in [0.25, 0.3) is 11.6 Å². The number of furan rings is 1. The Morgan fingerprint density at radius 1 is 1.35 bits per heavy atom. The molecule has 1 aromatic carbocycles. The van der Waals surface area contributed by atoms with Crippen molar-refractivity contribution in [1.29, 1.82) is 0 Å². The minimum absolute atomic E-state index is 0.0313. The number of carbonyl (C=O) groups excluding carboxylic acids is 2. The number of carbonyl (C=O) groups is 2. The molecule has 0 bridgehead atoms. The number of ether oxygens (including phenoxy) is 1. The molecular formula is C14H11BrN2O6. The predicted octanol–water partition coefficient (Wildman–Crippen LogP) is 3.05. The van der Waals surface area contributed by atoms with Crippen LogP contribution in [0.4, 0.5) is 11.4 Å². The number of halogens is 1. The number of nitrogens with one attached hydrogen (secondary N) is 1. The average molecular weight is 383 g/mol. The molecule has 0 radical (unpaired) electrons. The van der Waals surface area contributed by atoms with Crippen LogP contribution in [0.1, 0.15) is 16.1 Å². The number of anilines is 1. The summed E-state index contributed by atoms with van der Waals surface area (Å²) in [4.78, 5) is 33.5. The molecule has 23 heavy (non-hydrogen) atoms. The molecule has 0 saturated heterocycles. The molecule has 0 unspecified atom stereocenters. The molecule has 2 aromatic rings. The molecule has 2 rings (SSSR count). The molecule has 9 heteroatoms. The molecule has 1 heterocycles. The Hall–Kier alpha value is -2.68. The maximum Gasteiger partial charge on any atom is 0.374 e. The molecule has 0 aliphatic heterocycles. The lowest BCUT2D eigenvalue weighted by Gasteiger charge is -2.08. The fourth-order valence-corrected chi connectivity index (χ4v) is 2.02. The number of aryl methyl sites for hydroxylation is 1. The van der Waals surface area contributed by atoms with Crippen LogP contribution in [0.15, 0.2) is 39.4 Å². The Morgan fingerprint density at radius 3 is 2.65 bits per heavy atom. The molecule has 1 aromatic heterocycles. The van der Waals surface area contributed by atoms with Gasteiger partial charge in [-0.05, 0) is 46.6 Å². The largest absolute Gasteiger partial charge is 0.450 e. The molecule has 0 spiro atoms. The van der Waals surface area contributed by atoms with E-state index in [1.807, 2.05) is 0 Å². The van der Waals surface area contributed by atoms with Crippen LogP contribution in [-0.2, 0) is 9.53 Å². The van der Waals surface area contributed by atoms with E-state index in [1.165, 1.54) is 30.3 Å². The van der Waals surface area contributed by atoms with Crippen molar-refractivity contribution in [3.05, 3.63) is 56.4 Å². The van der Waals surface area contributed by atoms with Gasteiger partial charge in [-0.3, -0.25) is 14.9 Å². The van der Waals surface area contributed by atoms with Gasteiger partial charge in [0.05, 0.1) is 4.92 Å². The van der Waals surface area contributed by atoms with Gasteiger partial charge in [-0.1, -0.05) is 0 Å². The summed E-state index contributed by atoms with van der Waals surface area (Å²) in [6.07, 6.45) is 0. The highest BCUT2D eigenvalue weighted by Crippen LogP contribution is 2.21. The molecular weight excluding hydrogens is 372 g/mol. The van der Waals surface area contributed by atoms with E-state index >= 15 is 0 Å². The second-order valence-electron chi connectivity index (χ2n) is 4.48. The summed E-state index contributed by atoms with van der Waals surface area (Å²) < 4.78 is 10.2. The maximum atomic E-state index is 11.8. The van der Waals surface area contributed by atoms with Crippen LogP contribution in [-0.4, -0.2) is 23.4 Å². The third-order valence-electron chi connectivity index (χ3n) is 2.80. The van der Waals surface area contributed by atoms with Gasteiger partial charge in [0.15, 0.2) is 11.3 Å². The highest BCUT2D eigenvalue weighted by atomic mass is 79.9. The molecule has 1 amide bonds. The molecule has 1 N–H and O–H groups in total. The molecule has 0 aliphatic rings. The van der Waals surface area contributed by atoms with Gasteiger partial charge in [-0.15, -0.1) is 0 Å². The zero-order valence-corrected chi connectivity index (χ0v) is 13.5. The summed E-state index contributed by atoms with van der Waals surface area (Å²) in [6.45, 7) is 1.11. The Kier molecular flexibility index (Phi) is 5.12. The van der Waals surface area contributed by atoms with E-state index in [-0.39, 0.29) is 11.4 Å². The van der Waals surface area contributed by atoms with Gasteiger partial charge in [-0.2, -0.15) is 0 Å². The van der Waals surface area contributed by atoms with Crippen LogP contribution in [0.25, 0.3) is 0 Å². The second-order valence-corrected chi connectivity index (χ2v) is 5.27. The zero-order chi connectivity index (χ0) is 17.0. The number of hydrogen-bond donors (Lipinski definition) is 1. The van der Waals surface area contributed by atoms with Crippen molar-refractivity contribution in [2.75, 3.05) is 11.9 Å². The highest BCUT2D eigenvalue weighted by molar-refractivity contribution is 9.10. The standard InChI is InChI=1S/C14H11BrN2O6/c1-8-6-9(17(20)21)2-3-10(8)16-13(18)7-22-14(19)11-4-5-12(15)23-11/h2-6H,7H2,1H3,(H,16,18). The third-order valence-corrected chi connectivity index (χ3v) is 3.23. The summed E-state index contributed by atoms with van der Waals surface area (Å²) in [5.74, 6) is -1.37. The first-order valence-electron chi connectivity index (χ1n) is 6.34. The Balaban J connectivity index is 1.92. The van der Waals surface area contributed by atoms with Gasteiger partial charge in [-0.25, -0.2) is 4.79 Å². The zero-order valence-electron chi connectivity index (χ0n) is 11.9. The lowest BCUT2D eigenvalue weighted by molar-refractivity contribution is -0.384. The van der Waals surface area contributed by atoms with E-state index in [0.717, 1.165) is 0 Å². The number of benzene rings is 1.